The molecule has 2 rings (SSSR count). The van der Waals surface area contributed by atoms with E-state index in [2.05, 4.69) is 16.0 Å². The standard InChI is InChI=1S/C18H21N3O5/c1-3-19-18(24)21-16(22)12(2)26-17(23)14-8-4-5-9-15(14)20-11-13-7-6-10-25-13/h4-10,12,20H,3,11H2,1-2H3,(H2,19,21,22,24)/t12-/m1/s1. The van der Waals surface area contributed by atoms with Gasteiger partial charge in [-0.1, -0.05) is 12.1 Å². The zero-order chi connectivity index (χ0) is 18.9. The van der Waals surface area contributed by atoms with Crippen molar-refractivity contribution in [2.24, 2.45) is 0 Å². The topological polar surface area (TPSA) is 110 Å². The summed E-state index contributed by atoms with van der Waals surface area (Å²) in [6.07, 6.45) is 0.440. The third-order valence-electron chi connectivity index (χ3n) is 3.41. The van der Waals surface area contributed by atoms with Crippen LogP contribution < -0.4 is 16.0 Å². The highest BCUT2D eigenvalue weighted by molar-refractivity contribution is 6.00. The molecule has 3 amide bonds. The lowest BCUT2D eigenvalue weighted by molar-refractivity contribution is -0.127. The van der Waals surface area contributed by atoms with Gasteiger partial charge in [0.1, 0.15) is 5.76 Å². The molecular weight excluding hydrogens is 338 g/mol. The van der Waals surface area contributed by atoms with Crippen LogP contribution >= 0.6 is 0 Å². The van der Waals surface area contributed by atoms with E-state index >= 15 is 0 Å². The van der Waals surface area contributed by atoms with Crippen molar-refractivity contribution >= 4 is 23.6 Å². The van der Waals surface area contributed by atoms with Crippen LogP contribution in [0.4, 0.5) is 10.5 Å². The number of benzene rings is 1. The van der Waals surface area contributed by atoms with E-state index in [4.69, 9.17) is 9.15 Å². The molecule has 1 atom stereocenters. The van der Waals surface area contributed by atoms with Crippen molar-refractivity contribution in [1.82, 2.24) is 10.6 Å². The summed E-state index contributed by atoms with van der Waals surface area (Å²) in [7, 11) is 0. The Balaban J connectivity index is 1.98. The molecule has 8 heteroatoms. The lowest BCUT2D eigenvalue weighted by Gasteiger charge is -2.15. The predicted molar refractivity (Wildman–Crippen MR) is 94.6 cm³/mol. The fourth-order valence-electron chi connectivity index (χ4n) is 2.11. The maximum absolute atomic E-state index is 12.4. The van der Waals surface area contributed by atoms with E-state index in [1.807, 2.05) is 6.07 Å². The van der Waals surface area contributed by atoms with Gasteiger partial charge in [0.25, 0.3) is 5.91 Å². The summed E-state index contributed by atoms with van der Waals surface area (Å²) in [5.74, 6) is -0.667. The molecule has 8 nitrogen and oxygen atoms in total. The van der Waals surface area contributed by atoms with Gasteiger partial charge in [-0.2, -0.15) is 0 Å². The third kappa shape index (κ3) is 5.37. The molecule has 0 aliphatic heterocycles. The van der Waals surface area contributed by atoms with Gasteiger partial charge in [0.2, 0.25) is 0 Å². The Morgan fingerprint density at radius 1 is 1.15 bits per heavy atom. The number of anilines is 1. The Labute approximate surface area is 150 Å². The number of para-hydroxylation sites is 1. The summed E-state index contributed by atoms with van der Waals surface area (Å²) in [4.78, 5) is 35.6. The van der Waals surface area contributed by atoms with E-state index in [1.54, 1.807) is 43.5 Å². The SMILES string of the molecule is CCNC(=O)NC(=O)[C@@H](C)OC(=O)c1ccccc1NCc1ccco1. The maximum atomic E-state index is 12.4. The van der Waals surface area contributed by atoms with Crippen LogP contribution in [-0.2, 0) is 16.1 Å². The molecule has 1 aromatic carbocycles. The van der Waals surface area contributed by atoms with Crippen LogP contribution in [0.3, 0.4) is 0 Å². The van der Waals surface area contributed by atoms with Crippen molar-refractivity contribution in [2.45, 2.75) is 26.5 Å². The molecule has 0 spiro atoms. The molecule has 1 aromatic heterocycles. The van der Waals surface area contributed by atoms with Crippen LogP contribution in [0.5, 0.6) is 0 Å². The van der Waals surface area contributed by atoms with Gasteiger partial charge in [0.15, 0.2) is 6.10 Å². The number of hydrogen-bond acceptors (Lipinski definition) is 6. The number of hydrogen-bond donors (Lipinski definition) is 3. The Morgan fingerprint density at radius 2 is 1.92 bits per heavy atom. The Morgan fingerprint density at radius 3 is 2.62 bits per heavy atom. The van der Waals surface area contributed by atoms with Crippen LogP contribution in [0.25, 0.3) is 0 Å². The van der Waals surface area contributed by atoms with E-state index in [-0.39, 0.29) is 5.56 Å². The van der Waals surface area contributed by atoms with Crippen molar-refractivity contribution < 1.29 is 23.5 Å². The Hall–Kier alpha value is -3.29. The van der Waals surface area contributed by atoms with Gasteiger partial charge in [-0.25, -0.2) is 9.59 Å². The molecule has 0 aliphatic carbocycles. The third-order valence-corrected chi connectivity index (χ3v) is 3.41. The van der Waals surface area contributed by atoms with Crippen molar-refractivity contribution in [3.63, 3.8) is 0 Å². The van der Waals surface area contributed by atoms with Crippen LogP contribution in [0.2, 0.25) is 0 Å². The van der Waals surface area contributed by atoms with Crippen LogP contribution in [0.15, 0.2) is 47.1 Å². The number of esters is 1. The average Bonchev–Trinajstić information content (AvgIpc) is 3.13. The van der Waals surface area contributed by atoms with E-state index in [0.29, 0.717) is 24.5 Å². The number of amides is 3. The van der Waals surface area contributed by atoms with E-state index in [0.717, 1.165) is 0 Å². The predicted octanol–water partition coefficient (Wildman–Crippen LogP) is 2.28. The number of imide groups is 1. The number of rotatable bonds is 7. The number of urea groups is 1. The normalized spacial score (nSPS) is 11.3. The molecular formula is C18H21N3O5. The summed E-state index contributed by atoms with van der Waals surface area (Å²) in [5.41, 5.74) is 0.821. The summed E-state index contributed by atoms with van der Waals surface area (Å²) in [5, 5.41) is 7.62. The lowest BCUT2D eigenvalue weighted by Crippen LogP contribution is -2.44. The van der Waals surface area contributed by atoms with Gasteiger partial charge in [0.05, 0.1) is 18.4 Å². The molecule has 0 unspecified atom stereocenters. The van der Waals surface area contributed by atoms with Gasteiger partial charge in [-0.05, 0) is 38.1 Å². The molecule has 0 aliphatic rings. The van der Waals surface area contributed by atoms with Gasteiger partial charge in [-0.3, -0.25) is 10.1 Å². The highest BCUT2D eigenvalue weighted by Crippen LogP contribution is 2.18. The Bertz CT molecular complexity index is 758. The van der Waals surface area contributed by atoms with Crippen molar-refractivity contribution in [2.75, 3.05) is 11.9 Å². The second kappa shape index (κ2) is 9.26. The molecule has 0 saturated carbocycles. The molecule has 26 heavy (non-hydrogen) atoms. The Kier molecular flexibility index (Phi) is 6.78. The fraction of sp³-hybridized carbons (Fsp3) is 0.278. The summed E-state index contributed by atoms with van der Waals surface area (Å²) >= 11 is 0. The first-order valence-corrected chi connectivity index (χ1v) is 8.16. The molecule has 0 radical (unpaired) electrons. The first-order valence-electron chi connectivity index (χ1n) is 8.16. The first-order chi connectivity index (χ1) is 12.5. The molecule has 3 N–H and O–H groups in total. The molecule has 0 fully saturated rings. The molecule has 0 saturated heterocycles. The van der Waals surface area contributed by atoms with Crippen molar-refractivity contribution in [3.05, 3.63) is 54.0 Å². The molecule has 138 valence electrons. The van der Waals surface area contributed by atoms with Gasteiger partial charge in [0, 0.05) is 12.2 Å². The van der Waals surface area contributed by atoms with Crippen molar-refractivity contribution in [1.29, 1.82) is 0 Å². The zero-order valence-corrected chi connectivity index (χ0v) is 14.6. The van der Waals surface area contributed by atoms with E-state index in [1.165, 1.54) is 6.92 Å². The highest BCUT2D eigenvalue weighted by atomic mass is 16.5. The van der Waals surface area contributed by atoms with E-state index in [9.17, 15) is 14.4 Å². The second-order valence-corrected chi connectivity index (χ2v) is 5.37. The monoisotopic (exact) mass is 359 g/mol. The van der Waals surface area contributed by atoms with Crippen LogP contribution in [0.1, 0.15) is 30.0 Å². The minimum Gasteiger partial charge on any atom is -0.467 e. The lowest BCUT2D eigenvalue weighted by atomic mass is 10.1. The van der Waals surface area contributed by atoms with Gasteiger partial charge < -0.3 is 19.8 Å². The van der Waals surface area contributed by atoms with Gasteiger partial charge in [-0.15, -0.1) is 0 Å². The highest BCUT2D eigenvalue weighted by Gasteiger charge is 2.22. The minimum absolute atomic E-state index is 0.275. The number of nitrogens with one attached hydrogen (secondary N) is 3. The average molecular weight is 359 g/mol. The summed E-state index contributed by atoms with van der Waals surface area (Å²) < 4.78 is 10.4. The fourth-order valence-corrected chi connectivity index (χ4v) is 2.11. The molecule has 1 heterocycles. The van der Waals surface area contributed by atoms with Gasteiger partial charge >= 0.3 is 12.0 Å². The number of ether oxygens (including phenoxy) is 1. The number of furan rings is 1. The second-order valence-electron chi connectivity index (χ2n) is 5.37. The molecule has 2 aromatic rings. The molecule has 0 bridgehead atoms. The number of carbonyl (C=O) groups excluding carboxylic acids is 3. The zero-order valence-electron chi connectivity index (χ0n) is 14.6. The van der Waals surface area contributed by atoms with Crippen molar-refractivity contribution in [3.8, 4) is 0 Å². The first kappa shape index (κ1) is 19.0. The largest absolute Gasteiger partial charge is 0.467 e. The maximum Gasteiger partial charge on any atom is 0.341 e. The quantitative estimate of drug-likeness (QED) is 0.654. The van der Waals surface area contributed by atoms with Crippen LogP contribution in [-0.4, -0.2) is 30.6 Å². The number of carbonyl (C=O) groups is 3. The summed E-state index contributed by atoms with van der Waals surface area (Å²) in [6.45, 7) is 3.89. The smallest absolute Gasteiger partial charge is 0.341 e. The summed E-state index contributed by atoms with van der Waals surface area (Å²) in [6, 6.07) is 9.70. The van der Waals surface area contributed by atoms with Crippen LogP contribution in [0, 0.1) is 0 Å². The minimum atomic E-state index is -1.12. The van der Waals surface area contributed by atoms with E-state index < -0.39 is 24.0 Å².